The summed E-state index contributed by atoms with van der Waals surface area (Å²) in [7, 11) is 1.98. The van der Waals surface area contributed by atoms with Crippen LogP contribution in [0.1, 0.15) is 29.4 Å². The molecule has 1 aromatic heterocycles. The van der Waals surface area contributed by atoms with Gasteiger partial charge >= 0.3 is 0 Å². The molecule has 1 N–H and O–H groups in total. The molecule has 0 fully saturated rings. The first-order valence-electron chi connectivity index (χ1n) is 6.22. The summed E-state index contributed by atoms with van der Waals surface area (Å²) in [5.41, 5.74) is 1.97. The molecule has 0 saturated heterocycles. The summed E-state index contributed by atoms with van der Waals surface area (Å²) in [5.74, 6) is 0.925. The lowest BCUT2D eigenvalue weighted by Crippen LogP contribution is -2.20. The van der Waals surface area contributed by atoms with Crippen molar-refractivity contribution in [3.8, 4) is 0 Å². The van der Waals surface area contributed by atoms with E-state index in [-0.39, 0.29) is 11.9 Å². The van der Waals surface area contributed by atoms with Crippen molar-refractivity contribution < 1.29 is 4.39 Å². The number of halogens is 1. The number of aryl methyl sites for hydroxylation is 1. The van der Waals surface area contributed by atoms with Crippen molar-refractivity contribution in [3.05, 3.63) is 53.4 Å². The summed E-state index contributed by atoms with van der Waals surface area (Å²) < 4.78 is 15.6. The molecule has 0 aliphatic heterocycles. The van der Waals surface area contributed by atoms with E-state index in [0.717, 1.165) is 29.8 Å². The van der Waals surface area contributed by atoms with E-state index in [9.17, 15) is 4.39 Å². The van der Waals surface area contributed by atoms with Crippen LogP contribution in [0.15, 0.2) is 30.6 Å². The van der Waals surface area contributed by atoms with Gasteiger partial charge in [0.2, 0.25) is 0 Å². The van der Waals surface area contributed by atoms with Gasteiger partial charge < -0.3 is 9.88 Å². The fourth-order valence-electron chi connectivity index (χ4n) is 2.60. The molecule has 0 amide bonds. The van der Waals surface area contributed by atoms with Crippen LogP contribution in [-0.2, 0) is 20.0 Å². The molecule has 1 aromatic carbocycles. The molecular weight excluding hydrogens is 229 g/mol. The van der Waals surface area contributed by atoms with Gasteiger partial charge in [0, 0.05) is 25.5 Å². The van der Waals surface area contributed by atoms with Crippen LogP contribution >= 0.6 is 0 Å². The van der Waals surface area contributed by atoms with Crippen molar-refractivity contribution in [2.75, 3.05) is 0 Å². The van der Waals surface area contributed by atoms with Gasteiger partial charge in [-0.2, -0.15) is 0 Å². The predicted molar refractivity (Wildman–Crippen MR) is 67.5 cm³/mol. The van der Waals surface area contributed by atoms with Crippen LogP contribution in [0.4, 0.5) is 4.39 Å². The Bertz CT molecular complexity index is 562. The van der Waals surface area contributed by atoms with Crippen LogP contribution in [0.5, 0.6) is 0 Å². The molecule has 1 heterocycles. The Hall–Kier alpha value is -1.68. The Morgan fingerprint density at radius 1 is 1.50 bits per heavy atom. The molecule has 1 atom stereocenters. The Morgan fingerprint density at radius 3 is 3.17 bits per heavy atom. The lowest BCUT2D eigenvalue weighted by molar-refractivity contribution is 0.512. The summed E-state index contributed by atoms with van der Waals surface area (Å²) in [6, 6.07) is 5.59. The standard InChI is InChI=1S/C14H16FN3/c1-18-8-7-16-14(18)9-17-13-6-5-10-11(13)3-2-4-12(10)15/h2-4,7-8,13,17H,5-6,9H2,1H3. The summed E-state index contributed by atoms with van der Waals surface area (Å²) >= 11 is 0. The van der Waals surface area contributed by atoms with Gasteiger partial charge in [0.05, 0.1) is 6.54 Å². The number of rotatable bonds is 3. The molecular formula is C14H16FN3. The molecule has 3 rings (SSSR count). The van der Waals surface area contributed by atoms with Crippen molar-refractivity contribution >= 4 is 0 Å². The molecule has 18 heavy (non-hydrogen) atoms. The van der Waals surface area contributed by atoms with Crippen LogP contribution in [-0.4, -0.2) is 9.55 Å². The minimum Gasteiger partial charge on any atom is -0.337 e. The number of aromatic nitrogens is 2. The van der Waals surface area contributed by atoms with Crippen molar-refractivity contribution in [2.24, 2.45) is 7.05 Å². The van der Waals surface area contributed by atoms with Crippen molar-refractivity contribution in [1.29, 1.82) is 0 Å². The van der Waals surface area contributed by atoms with Gasteiger partial charge in [-0.15, -0.1) is 0 Å². The zero-order valence-corrected chi connectivity index (χ0v) is 10.4. The van der Waals surface area contributed by atoms with E-state index >= 15 is 0 Å². The fourth-order valence-corrected chi connectivity index (χ4v) is 2.60. The first-order chi connectivity index (χ1) is 8.75. The molecule has 0 saturated carbocycles. The molecule has 0 spiro atoms. The van der Waals surface area contributed by atoms with Crippen LogP contribution < -0.4 is 5.32 Å². The van der Waals surface area contributed by atoms with Crippen LogP contribution in [0, 0.1) is 5.82 Å². The third kappa shape index (κ3) is 1.93. The molecule has 3 nitrogen and oxygen atoms in total. The van der Waals surface area contributed by atoms with E-state index in [0.29, 0.717) is 6.54 Å². The van der Waals surface area contributed by atoms with Gasteiger partial charge in [-0.3, -0.25) is 0 Å². The minimum absolute atomic E-state index is 0.0752. The second kappa shape index (κ2) is 4.53. The lowest BCUT2D eigenvalue weighted by atomic mass is 10.1. The van der Waals surface area contributed by atoms with E-state index in [1.54, 1.807) is 18.3 Å². The van der Waals surface area contributed by atoms with Gasteiger partial charge in [-0.1, -0.05) is 12.1 Å². The summed E-state index contributed by atoms with van der Waals surface area (Å²) in [6.45, 7) is 0.712. The molecule has 0 bridgehead atoms. The minimum atomic E-state index is -0.0752. The molecule has 2 aromatic rings. The first kappa shape index (κ1) is 11.4. The average molecular weight is 245 g/mol. The molecule has 4 heteroatoms. The Morgan fingerprint density at radius 2 is 2.39 bits per heavy atom. The van der Waals surface area contributed by atoms with Gasteiger partial charge in [0.25, 0.3) is 0 Å². The van der Waals surface area contributed by atoms with Gasteiger partial charge in [-0.05, 0) is 30.0 Å². The maximum atomic E-state index is 13.6. The molecule has 1 aliphatic rings. The fraction of sp³-hybridized carbons (Fsp3) is 0.357. The largest absolute Gasteiger partial charge is 0.337 e. The topological polar surface area (TPSA) is 29.9 Å². The quantitative estimate of drug-likeness (QED) is 0.899. The monoisotopic (exact) mass is 245 g/mol. The number of hydrogen-bond acceptors (Lipinski definition) is 2. The van der Waals surface area contributed by atoms with E-state index in [1.165, 1.54) is 0 Å². The summed E-state index contributed by atoms with van der Waals surface area (Å²) in [4.78, 5) is 4.28. The highest BCUT2D eigenvalue weighted by atomic mass is 19.1. The van der Waals surface area contributed by atoms with Crippen LogP contribution in [0.25, 0.3) is 0 Å². The second-order valence-electron chi connectivity index (χ2n) is 4.73. The third-order valence-electron chi connectivity index (χ3n) is 3.64. The Kier molecular flexibility index (Phi) is 2.88. The zero-order valence-electron chi connectivity index (χ0n) is 10.4. The summed E-state index contributed by atoms with van der Waals surface area (Å²) in [5, 5.41) is 3.46. The maximum absolute atomic E-state index is 13.6. The highest BCUT2D eigenvalue weighted by molar-refractivity contribution is 5.35. The van der Waals surface area contributed by atoms with Crippen molar-refractivity contribution in [2.45, 2.75) is 25.4 Å². The van der Waals surface area contributed by atoms with E-state index in [2.05, 4.69) is 10.3 Å². The number of imidazole rings is 1. The maximum Gasteiger partial charge on any atom is 0.126 e. The smallest absolute Gasteiger partial charge is 0.126 e. The van der Waals surface area contributed by atoms with Gasteiger partial charge in [0.1, 0.15) is 11.6 Å². The van der Waals surface area contributed by atoms with Gasteiger partial charge in [0.15, 0.2) is 0 Å². The predicted octanol–water partition coefficient (Wildman–Crippen LogP) is 2.34. The zero-order chi connectivity index (χ0) is 12.5. The SMILES string of the molecule is Cn1ccnc1CNC1CCc2c(F)cccc21. The van der Waals surface area contributed by atoms with Crippen LogP contribution in [0.3, 0.4) is 0 Å². The molecule has 0 radical (unpaired) electrons. The van der Waals surface area contributed by atoms with E-state index in [4.69, 9.17) is 0 Å². The highest BCUT2D eigenvalue weighted by Gasteiger charge is 2.24. The van der Waals surface area contributed by atoms with E-state index in [1.807, 2.05) is 23.9 Å². The van der Waals surface area contributed by atoms with Crippen LogP contribution in [0.2, 0.25) is 0 Å². The number of hydrogen-bond donors (Lipinski definition) is 1. The normalized spacial score (nSPS) is 18.0. The Labute approximate surface area is 106 Å². The highest BCUT2D eigenvalue weighted by Crippen LogP contribution is 2.32. The van der Waals surface area contributed by atoms with E-state index < -0.39 is 0 Å². The molecule has 94 valence electrons. The van der Waals surface area contributed by atoms with Crippen molar-refractivity contribution in [3.63, 3.8) is 0 Å². The second-order valence-corrected chi connectivity index (χ2v) is 4.73. The summed E-state index contributed by atoms with van der Waals surface area (Å²) in [6.07, 6.45) is 5.50. The Balaban J connectivity index is 1.74. The first-order valence-corrected chi connectivity index (χ1v) is 6.22. The molecule has 1 unspecified atom stereocenters. The molecule has 1 aliphatic carbocycles. The number of benzene rings is 1. The van der Waals surface area contributed by atoms with Gasteiger partial charge in [-0.25, -0.2) is 9.37 Å². The number of nitrogens with zero attached hydrogens (tertiary/aromatic N) is 2. The van der Waals surface area contributed by atoms with Crippen molar-refractivity contribution in [1.82, 2.24) is 14.9 Å². The lowest BCUT2D eigenvalue weighted by Gasteiger charge is -2.13. The number of nitrogens with one attached hydrogen (secondary N) is 1. The third-order valence-corrected chi connectivity index (χ3v) is 3.64. The number of fused-ring (bicyclic) bond motifs is 1. The average Bonchev–Trinajstić information content (AvgIpc) is 2.94.